The molecular weight excluding hydrogens is 612 g/mol. The van der Waals surface area contributed by atoms with Gasteiger partial charge in [0.25, 0.3) is 0 Å². The lowest BCUT2D eigenvalue weighted by molar-refractivity contribution is -0.129. The first-order valence-corrected chi connectivity index (χ1v) is 17.1. The molecule has 0 unspecified atom stereocenters. The van der Waals surface area contributed by atoms with Crippen LogP contribution in [0, 0.1) is 0 Å². The zero-order chi connectivity index (χ0) is 33.1. The lowest BCUT2D eigenvalue weighted by atomic mass is 9.91. The summed E-state index contributed by atoms with van der Waals surface area (Å²) in [7, 11) is -10.4. The van der Waals surface area contributed by atoms with E-state index in [1.165, 1.54) is 24.3 Å². The highest BCUT2D eigenvalue weighted by Gasteiger charge is 2.43. The van der Waals surface area contributed by atoms with E-state index in [1.807, 2.05) is 26.0 Å². The summed E-state index contributed by atoms with van der Waals surface area (Å²) in [4.78, 5) is 74.3. The van der Waals surface area contributed by atoms with Crippen LogP contribution in [-0.2, 0) is 23.5 Å². The molecule has 0 aliphatic carbocycles. The number of carbonyl (C=O) groups is 3. The molecule has 2 aromatic carbocycles. The van der Waals surface area contributed by atoms with Gasteiger partial charge in [0.2, 0.25) is 5.91 Å². The first-order valence-electron chi connectivity index (χ1n) is 13.7. The quantitative estimate of drug-likeness (QED) is 0.0547. The Morgan fingerprint density at radius 1 is 0.795 bits per heavy atom. The van der Waals surface area contributed by atoms with Gasteiger partial charge in [0.05, 0.1) is 5.69 Å². The summed E-state index contributed by atoms with van der Waals surface area (Å²) < 4.78 is 33.9. The monoisotopic (exact) mass is 649 g/mol. The number of hydrogen-bond acceptors (Lipinski definition) is 7. The molecule has 0 saturated heterocycles. The van der Waals surface area contributed by atoms with Crippen molar-refractivity contribution in [1.29, 1.82) is 0 Å². The van der Waals surface area contributed by atoms with E-state index in [-0.39, 0.29) is 11.4 Å². The minimum atomic E-state index is -5.21. The van der Waals surface area contributed by atoms with E-state index in [4.69, 9.17) is 9.47 Å². The van der Waals surface area contributed by atoms with E-state index < -0.39 is 51.3 Å². The largest absolute Gasteiger partial charge is 0.423 e. The van der Waals surface area contributed by atoms with Gasteiger partial charge in [-0.15, -0.1) is 0 Å². The van der Waals surface area contributed by atoms with Gasteiger partial charge in [-0.05, 0) is 79.6 Å². The van der Waals surface area contributed by atoms with Crippen molar-refractivity contribution in [1.82, 2.24) is 0 Å². The predicted molar refractivity (Wildman–Crippen MR) is 167 cm³/mol. The predicted octanol–water partition coefficient (Wildman–Crippen LogP) is 5.78. The lowest BCUT2D eigenvalue weighted by Gasteiger charge is -2.20. The molecule has 0 aliphatic rings. The number of amides is 1. The maximum atomic E-state index is 12.8. The van der Waals surface area contributed by atoms with Crippen LogP contribution in [-0.4, -0.2) is 42.8 Å². The fourth-order valence-corrected chi connectivity index (χ4v) is 6.88. The molecule has 0 heterocycles. The van der Waals surface area contributed by atoms with E-state index in [1.54, 1.807) is 44.2 Å². The van der Waals surface area contributed by atoms with Crippen LogP contribution in [0.4, 0.5) is 5.69 Å². The number of anilines is 1. The summed E-state index contributed by atoms with van der Waals surface area (Å²) in [6, 6.07) is 11.8. The van der Waals surface area contributed by atoms with E-state index in [9.17, 15) is 43.1 Å². The Labute approximate surface area is 255 Å². The number of allylic oxidation sites excluding steroid dienone is 4. The van der Waals surface area contributed by atoms with Crippen LogP contribution < -0.4 is 14.8 Å². The summed E-state index contributed by atoms with van der Waals surface area (Å²) in [6.07, 6.45) is 5.30. The topological polar surface area (TPSA) is 197 Å². The van der Waals surface area contributed by atoms with Crippen LogP contribution in [0.15, 0.2) is 66.8 Å². The first-order chi connectivity index (χ1) is 20.6. The smallest absolute Gasteiger partial charge is 0.340 e. The van der Waals surface area contributed by atoms with Crippen molar-refractivity contribution in [2.75, 3.05) is 5.32 Å². The Kier molecular flexibility index (Phi) is 13.7. The highest BCUT2D eigenvalue weighted by molar-refractivity contribution is 7.70. The zero-order valence-electron chi connectivity index (χ0n) is 24.8. The van der Waals surface area contributed by atoms with Crippen molar-refractivity contribution < 1.29 is 52.6 Å². The summed E-state index contributed by atoms with van der Waals surface area (Å²) in [5.41, 5.74) is 3.47. The van der Waals surface area contributed by atoms with Gasteiger partial charge in [0, 0.05) is 18.6 Å². The molecule has 2 rings (SSSR count). The first kappa shape index (κ1) is 36.6. The van der Waals surface area contributed by atoms with Gasteiger partial charge in [-0.25, -0.2) is 9.59 Å². The SMILES string of the molecule is CC=CC(=O)Oc1ccc(C(CC)=C(CC)c2ccc(OC(=O)C=CC)c(NC(=O)CCC(P(=O)(O)O)P(=O)(O)O)c2)cc1. The minimum absolute atomic E-state index is 0.00692. The Morgan fingerprint density at radius 2 is 1.30 bits per heavy atom. The van der Waals surface area contributed by atoms with E-state index in [2.05, 4.69) is 5.32 Å². The van der Waals surface area contributed by atoms with Crippen LogP contribution in [0.3, 0.4) is 0 Å². The third kappa shape index (κ3) is 10.8. The molecule has 44 heavy (non-hydrogen) atoms. The number of ether oxygens (including phenoxy) is 2. The van der Waals surface area contributed by atoms with Gasteiger partial charge in [0.15, 0.2) is 11.1 Å². The van der Waals surface area contributed by atoms with Crippen LogP contribution >= 0.6 is 15.2 Å². The van der Waals surface area contributed by atoms with Crippen molar-refractivity contribution >= 4 is 49.9 Å². The highest BCUT2D eigenvalue weighted by atomic mass is 31.2. The summed E-state index contributed by atoms with van der Waals surface area (Å²) in [5, 5.41) is 0.211. The molecule has 0 fully saturated rings. The molecule has 0 radical (unpaired) electrons. The second-order valence-corrected chi connectivity index (χ2v) is 13.5. The summed E-state index contributed by atoms with van der Waals surface area (Å²) in [6.45, 7) is 7.24. The van der Waals surface area contributed by atoms with Crippen LogP contribution in [0.5, 0.6) is 11.5 Å². The average molecular weight is 650 g/mol. The van der Waals surface area contributed by atoms with Crippen molar-refractivity contribution in [2.45, 2.75) is 58.8 Å². The third-order valence-corrected chi connectivity index (χ3v) is 10.2. The van der Waals surface area contributed by atoms with Gasteiger partial charge in [-0.2, -0.15) is 0 Å². The maximum Gasteiger partial charge on any atom is 0.340 e. The molecule has 14 heteroatoms. The molecule has 238 valence electrons. The Balaban J connectivity index is 2.49. The van der Waals surface area contributed by atoms with Crippen molar-refractivity contribution in [2.24, 2.45) is 0 Å². The summed E-state index contributed by atoms with van der Waals surface area (Å²) >= 11 is 0. The van der Waals surface area contributed by atoms with Crippen molar-refractivity contribution in [3.63, 3.8) is 0 Å². The molecule has 1 amide bonds. The van der Waals surface area contributed by atoms with Crippen molar-refractivity contribution in [3.8, 4) is 11.5 Å². The Morgan fingerprint density at radius 3 is 1.80 bits per heavy atom. The molecule has 0 saturated carbocycles. The minimum Gasteiger partial charge on any atom is -0.423 e. The summed E-state index contributed by atoms with van der Waals surface area (Å²) in [5.74, 6) is -1.65. The highest BCUT2D eigenvalue weighted by Crippen LogP contribution is 2.61. The van der Waals surface area contributed by atoms with Gasteiger partial charge in [-0.1, -0.05) is 44.2 Å². The fraction of sp³-hybridized carbons (Fsp3) is 0.300. The van der Waals surface area contributed by atoms with Gasteiger partial charge < -0.3 is 34.4 Å². The van der Waals surface area contributed by atoms with E-state index >= 15 is 0 Å². The molecule has 12 nitrogen and oxygen atoms in total. The molecule has 2 aromatic rings. The average Bonchev–Trinajstić information content (AvgIpc) is 2.92. The van der Waals surface area contributed by atoms with Gasteiger partial charge in [-0.3, -0.25) is 13.9 Å². The van der Waals surface area contributed by atoms with E-state index in [0.29, 0.717) is 24.2 Å². The second-order valence-electron chi connectivity index (χ2n) is 9.49. The molecule has 0 bridgehead atoms. The number of benzene rings is 2. The Bertz CT molecular complexity index is 1510. The number of esters is 2. The Hall–Kier alpha value is -3.63. The molecular formula is C30H37NO11P2. The molecule has 5 N–H and O–H groups in total. The standard InChI is InChI=1S/C30H37NO11P2/c1-5-9-28(33)41-22-14-11-20(12-15-22)23(7-3)24(8-4)21-13-16-26(42-29(34)10-6-2)25(19-21)31-27(32)17-18-30(43(35,36)37)44(38,39)40/h5-6,9-16,19,30H,7-8,17-18H2,1-4H3,(H,31,32)(H2,35,36,37)(H2,38,39,40). The van der Waals surface area contributed by atoms with Crippen LogP contribution in [0.25, 0.3) is 11.1 Å². The molecule has 0 aromatic heterocycles. The zero-order valence-corrected chi connectivity index (χ0v) is 26.6. The second kappa shape index (κ2) is 16.4. The van der Waals surface area contributed by atoms with Gasteiger partial charge >= 0.3 is 27.1 Å². The number of hydrogen-bond donors (Lipinski definition) is 5. The van der Waals surface area contributed by atoms with Crippen molar-refractivity contribution in [3.05, 3.63) is 77.9 Å². The van der Waals surface area contributed by atoms with Crippen LogP contribution in [0.1, 0.15) is 64.5 Å². The van der Waals surface area contributed by atoms with E-state index in [0.717, 1.165) is 16.7 Å². The van der Waals surface area contributed by atoms with Crippen LogP contribution in [0.2, 0.25) is 0 Å². The fourth-order valence-electron chi connectivity index (χ4n) is 4.38. The maximum absolute atomic E-state index is 12.8. The molecule has 0 spiro atoms. The molecule has 0 aliphatic heterocycles. The number of rotatable bonds is 14. The normalized spacial score (nSPS) is 12.8. The van der Waals surface area contributed by atoms with Gasteiger partial charge in [0.1, 0.15) is 5.75 Å². The lowest BCUT2D eigenvalue weighted by Crippen LogP contribution is -2.17. The molecule has 0 atom stereocenters. The number of carbonyl (C=O) groups excluding carboxylic acids is 3. The third-order valence-electron chi connectivity index (χ3n) is 6.32. The number of nitrogens with one attached hydrogen (secondary N) is 1.